The largest absolute Gasteiger partial charge is 0.289 e. The van der Waals surface area contributed by atoms with Crippen molar-refractivity contribution in [3.63, 3.8) is 0 Å². The molecule has 0 aromatic carbocycles. The molecular weight excluding hydrogens is 150 g/mol. The predicted octanol–water partition coefficient (Wildman–Crippen LogP) is 2.73. The molecule has 0 N–H and O–H groups in total. The van der Waals surface area contributed by atoms with Crippen LogP contribution in [0.4, 0.5) is 5.95 Å². The second-order valence-electron chi connectivity index (χ2n) is 1.99. The molecule has 0 radical (unpaired) electrons. The molecule has 0 spiro atoms. The van der Waals surface area contributed by atoms with Crippen LogP contribution in [0.2, 0.25) is 0 Å². The average Bonchev–Trinajstić information content (AvgIpc) is 2.55. The molecule has 66 valence electrons. The Kier molecular flexibility index (Phi) is 4.69. The van der Waals surface area contributed by atoms with E-state index in [1.54, 1.807) is 17.0 Å². The molecule has 1 aromatic heterocycles. The maximum Gasteiger partial charge on any atom is 0.233 e. The van der Waals surface area contributed by atoms with Crippen molar-refractivity contribution in [2.24, 2.45) is 4.99 Å². The Morgan fingerprint density at radius 1 is 1.58 bits per heavy atom. The van der Waals surface area contributed by atoms with Crippen LogP contribution in [0.25, 0.3) is 5.70 Å². The molecule has 0 fully saturated rings. The van der Waals surface area contributed by atoms with Gasteiger partial charge in [-0.25, -0.2) is 9.98 Å². The number of hydrogen-bond acceptors (Lipinski definition) is 2. The molecule has 1 rings (SSSR count). The van der Waals surface area contributed by atoms with Gasteiger partial charge >= 0.3 is 0 Å². The summed E-state index contributed by atoms with van der Waals surface area (Å²) in [6.45, 7) is 13.0. The van der Waals surface area contributed by atoms with Gasteiger partial charge in [-0.1, -0.05) is 20.4 Å². The summed E-state index contributed by atoms with van der Waals surface area (Å²) in [6, 6.07) is 0. The van der Waals surface area contributed by atoms with E-state index in [9.17, 15) is 0 Å². The van der Waals surface area contributed by atoms with Crippen LogP contribution >= 0.6 is 0 Å². The van der Waals surface area contributed by atoms with Crippen LogP contribution in [0.5, 0.6) is 0 Å². The van der Waals surface area contributed by atoms with Crippen LogP contribution in [0.1, 0.15) is 20.8 Å². The molecular formula is C9H15N3. The minimum Gasteiger partial charge on any atom is -0.289 e. The van der Waals surface area contributed by atoms with Gasteiger partial charge in [0.2, 0.25) is 5.95 Å². The van der Waals surface area contributed by atoms with Crippen LogP contribution in [-0.4, -0.2) is 16.3 Å². The lowest BCUT2D eigenvalue weighted by Crippen LogP contribution is -1.87. The summed E-state index contributed by atoms with van der Waals surface area (Å²) in [5.74, 6) is 0.590. The van der Waals surface area contributed by atoms with Crippen molar-refractivity contribution >= 4 is 18.4 Å². The van der Waals surface area contributed by atoms with E-state index in [1.807, 2.05) is 20.8 Å². The lowest BCUT2D eigenvalue weighted by atomic mass is 10.5. The Labute approximate surface area is 73.5 Å². The Balaban J connectivity index is 0.000000561. The lowest BCUT2D eigenvalue weighted by Gasteiger charge is -1.99. The minimum absolute atomic E-state index is 0.590. The first-order valence-electron chi connectivity index (χ1n) is 3.91. The van der Waals surface area contributed by atoms with Crippen molar-refractivity contribution < 1.29 is 0 Å². The quantitative estimate of drug-likeness (QED) is 0.620. The summed E-state index contributed by atoms with van der Waals surface area (Å²) < 4.78 is 1.77. The fraction of sp³-hybridized carbons (Fsp3) is 0.333. The van der Waals surface area contributed by atoms with E-state index < -0.39 is 0 Å². The second kappa shape index (κ2) is 5.29. The van der Waals surface area contributed by atoms with Gasteiger partial charge < -0.3 is 0 Å². The van der Waals surface area contributed by atoms with E-state index >= 15 is 0 Å². The normalized spacial score (nSPS) is 8.25. The molecule has 0 amide bonds. The topological polar surface area (TPSA) is 30.2 Å². The Hall–Kier alpha value is -1.38. The molecule has 0 saturated heterocycles. The molecule has 1 heterocycles. The summed E-state index contributed by atoms with van der Waals surface area (Å²) in [4.78, 5) is 7.62. The number of imidazole rings is 1. The second-order valence-corrected chi connectivity index (χ2v) is 1.99. The summed E-state index contributed by atoms with van der Waals surface area (Å²) >= 11 is 0. The Morgan fingerprint density at radius 2 is 2.17 bits per heavy atom. The Bertz CT molecular complexity index is 260. The first-order chi connectivity index (χ1) is 5.75. The molecule has 0 atom stereocenters. The highest BCUT2D eigenvalue weighted by Crippen LogP contribution is 2.11. The van der Waals surface area contributed by atoms with Crippen molar-refractivity contribution in [1.82, 2.24) is 9.55 Å². The van der Waals surface area contributed by atoms with Gasteiger partial charge in [0.15, 0.2) is 0 Å². The van der Waals surface area contributed by atoms with E-state index in [4.69, 9.17) is 0 Å². The van der Waals surface area contributed by atoms with E-state index in [1.165, 1.54) is 0 Å². The molecule has 0 aliphatic heterocycles. The molecule has 3 nitrogen and oxygen atoms in total. The summed E-state index contributed by atoms with van der Waals surface area (Å²) in [7, 11) is 0. The zero-order valence-corrected chi connectivity index (χ0v) is 7.91. The number of allylic oxidation sites excluding steroid dienone is 1. The molecule has 0 aliphatic carbocycles. The first-order valence-corrected chi connectivity index (χ1v) is 3.91. The summed E-state index contributed by atoms with van der Waals surface area (Å²) in [5, 5.41) is 0. The summed E-state index contributed by atoms with van der Waals surface area (Å²) in [6.07, 6.45) is 3.46. The molecule has 0 bridgehead atoms. The standard InChI is InChI=1S/C7H9N3.C2H6/c1-6(2)10-5-4-9-7(10)8-3;1-2/h4-5H,1,3H2,2H3;1-2H3. The van der Waals surface area contributed by atoms with E-state index in [-0.39, 0.29) is 0 Å². The molecule has 0 aliphatic rings. The fourth-order valence-corrected chi connectivity index (χ4v) is 0.710. The fourth-order valence-electron chi connectivity index (χ4n) is 0.710. The van der Waals surface area contributed by atoms with E-state index in [0.29, 0.717) is 5.95 Å². The third-order valence-corrected chi connectivity index (χ3v) is 1.17. The zero-order valence-electron chi connectivity index (χ0n) is 7.91. The SMILES string of the molecule is C=Nc1nccn1C(=C)C.CC. The molecule has 3 heteroatoms. The van der Waals surface area contributed by atoms with Crippen LogP contribution in [0.3, 0.4) is 0 Å². The number of nitrogens with zero attached hydrogens (tertiary/aromatic N) is 3. The smallest absolute Gasteiger partial charge is 0.233 e. The van der Waals surface area contributed by atoms with Crippen LogP contribution in [0.15, 0.2) is 24.0 Å². The number of hydrogen-bond donors (Lipinski definition) is 0. The maximum atomic E-state index is 3.93. The lowest BCUT2D eigenvalue weighted by molar-refractivity contribution is 1.07. The molecule has 12 heavy (non-hydrogen) atoms. The highest BCUT2D eigenvalue weighted by molar-refractivity contribution is 5.47. The van der Waals surface area contributed by atoms with Gasteiger partial charge in [-0.05, 0) is 13.6 Å². The maximum absolute atomic E-state index is 3.93. The van der Waals surface area contributed by atoms with Crippen molar-refractivity contribution in [2.45, 2.75) is 20.8 Å². The van der Waals surface area contributed by atoms with Gasteiger partial charge in [0.25, 0.3) is 0 Å². The van der Waals surface area contributed by atoms with Crippen LogP contribution in [-0.2, 0) is 0 Å². The summed E-state index contributed by atoms with van der Waals surface area (Å²) in [5.41, 5.74) is 0.889. The first kappa shape index (κ1) is 10.6. The number of rotatable bonds is 2. The predicted molar refractivity (Wildman–Crippen MR) is 53.8 cm³/mol. The highest BCUT2D eigenvalue weighted by Gasteiger charge is 1.97. The molecule has 1 aromatic rings. The van der Waals surface area contributed by atoms with Crippen LogP contribution < -0.4 is 0 Å². The third-order valence-electron chi connectivity index (χ3n) is 1.17. The average molecular weight is 165 g/mol. The zero-order chi connectivity index (χ0) is 9.56. The van der Waals surface area contributed by atoms with E-state index in [0.717, 1.165) is 5.70 Å². The van der Waals surface area contributed by atoms with Crippen molar-refractivity contribution in [1.29, 1.82) is 0 Å². The monoisotopic (exact) mass is 165 g/mol. The van der Waals surface area contributed by atoms with Gasteiger partial charge in [-0.15, -0.1) is 0 Å². The Morgan fingerprint density at radius 3 is 2.50 bits per heavy atom. The van der Waals surface area contributed by atoms with Crippen molar-refractivity contribution in [3.05, 3.63) is 19.0 Å². The van der Waals surface area contributed by atoms with Crippen molar-refractivity contribution in [2.75, 3.05) is 0 Å². The third kappa shape index (κ3) is 2.34. The van der Waals surface area contributed by atoms with Crippen molar-refractivity contribution in [3.8, 4) is 0 Å². The highest BCUT2D eigenvalue weighted by atomic mass is 15.2. The van der Waals surface area contributed by atoms with E-state index in [2.05, 4.69) is 23.3 Å². The molecule has 0 unspecified atom stereocenters. The van der Waals surface area contributed by atoms with Gasteiger partial charge in [-0.3, -0.25) is 4.57 Å². The molecule has 0 saturated carbocycles. The van der Waals surface area contributed by atoms with Gasteiger partial charge in [-0.2, -0.15) is 0 Å². The van der Waals surface area contributed by atoms with Gasteiger partial charge in [0.05, 0.1) is 0 Å². The van der Waals surface area contributed by atoms with Gasteiger partial charge in [0, 0.05) is 18.1 Å². The van der Waals surface area contributed by atoms with Gasteiger partial charge in [0.1, 0.15) is 0 Å². The van der Waals surface area contributed by atoms with Crippen LogP contribution in [0, 0.1) is 0 Å². The number of aliphatic imine (C=N–C) groups is 1. The number of aromatic nitrogens is 2. The minimum atomic E-state index is 0.590.